The minimum Gasteiger partial charge on any atom is -0.491 e. The molecular formula is C15H15NO3. The quantitative estimate of drug-likeness (QED) is 0.913. The van der Waals surface area contributed by atoms with E-state index in [0.717, 1.165) is 11.3 Å². The highest BCUT2D eigenvalue weighted by Gasteiger charge is 2.12. The Morgan fingerprint density at radius 3 is 2.47 bits per heavy atom. The summed E-state index contributed by atoms with van der Waals surface area (Å²) in [7, 11) is 0. The van der Waals surface area contributed by atoms with E-state index in [-0.39, 0.29) is 11.8 Å². The van der Waals surface area contributed by atoms with Crippen molar-refractivity contribution in [1.29, 1.82) is 0 Å². The molecule has 1 heterocycles. The predicted octanol–water partition coefficient (Wildman–Crippen LogP) is 3.23. The molecule has 0 aliphatic rings. The van der Waals surface area contributed by atoms with Gasteiger partial charge in [-0.1, -0.05) is 18.2 Å². The average Bonchev–Trinajstić information content (AvgIpc) is 2.39. The molecule has 98 valence electrons. The highest BCUT2D eigenvalue weighted by molar-refractivity contribution is 5.93. The maximum atomic E-state index is 11.1. The Balaban J connectivity index is 2.35. The number of hydrogen-bond acceptors (Lipinski definition) is 3. The fourth-order valence-corrected chi connectivity index (χ4v) is 1.79. The minimum atomic E-state index is -1.03. The molecule has 2 rings (SSSR count). The highest BCUT2D eigenvalue weighted by Crippen LogP contribution is 2.25. The second kappa shape index (κ2) is 5.52. The lowest BCUT2D eigenvalue weighted by Gasteiger charge is -2.10. The normalized spacial score (nSPS) is 10.5. The third-order valence-electron chi connectivity index (χ3n) is 2.55. The number of aromatic nitrogens is 1. The van der Waals surface area contributed by atoms with Gasteiger partial charge >= 0.3 is 5.97 Å². The summed E-state index contributed by atoms with van der Waals surface area (Å²) in [6.45, 7) is 3.91. The molecule has 0 fully saturated rings. The molecule has 0 saturated carbocycles. The monoisotopic (exact) mass is 257 g/mol. The first-order valence-corrected chi connectivity index (χ1v) is 6.03. The molecule has 0 saturated heterocycles. The van der Waals surface area contributed by atoms with E-state index >= 15 is 0 Å². The number of carboxylic acid groups (broad SMARTS) is 1. The van der Waals surface area contributed by atoms with Gasteiger partial charge in [-0.15, -0.1) is 0 Å². The van der Waals surface area contributed by atoms with Crippen LogP contribution in [0.4, 0.5) is 0 Å². The second-order valence-corrected chi connectivity index (χ2v) is 4.40. The van der Waals surface area contributed by atoms with E-state index in [1.165, 1.54) is 6.20 Å². The number of benzene rings is 1. The van der Waals surface area contributed by atoms with Crippen LogP contribution in [-0.2, 0) is 0 Å². The van der Waals surface area contributed by atoms with Crippen LogP contribution in [0.1, 0.15) is 24.3 Å². The first-order chi connectivity index (χ1) is 9.08. The molecule has 0 atom stereocenters. The van der Waals surface area contributed by atoms with Crippen LogP contribution in [0.3, 0.4) is 0 Å². The van der Waals surface area contributed by atoms with Gasteiger partial charge in [-0.3, -0.25) is 0 Å². The van der Waals surface area contributed by atoms with Gasteiger partial charge in [-0.2, -0.15) is 0 Å². The summed E-state index contributed by atoms with van der Waals surface area (Å²) in [5.74, 6) is -0.266. The van der Waals surface area contributed by atoms with Crippen molar-refractivity contribution in [2.75, 3.05) is 0 Å². The molecule has 2 aromatic rings. The van der Waals surface area contributed by atoms with Gasteiger partial charge in [0.25, 0.3) is 0 Å². The maximum Gasteiger partial charge on any atom is 0.355 e. The van der Waals surface area contributed by atoms with Gasteiger partial charge in [0.15, 0.2) is 5.69 Å². The third kappa shape index (κ3) is 3.10. The zero-order chi connectivity index (χ0) is 13.8. The molecule has 1 aromatic carbocycles. The van der Waals surface area contributed by atoms with Crippen LogP contribution in [-0.4, -0.2) is 22.2 Å². The van der Waals surface area contributed by atoms with E-state index in [9.17, 15) is 4.79 Å². The van der Waals surface area contributed by atoms with Crippen LogP contribution in [0.25, 0.3) is 11.1 Å². The summed E-state index contributed by atoms with van der Waals surface area (Å²) in [5.41, 5.74) is 1.47. The summed E-state index contributed by atoms with van der Waals surface area (Å²) in [5, 5.41) is 9.11. The third-order valence-corrected chi connectivity index (χ3v) is 2.55. The molecule has 4 heteroatoms. The molecule has 0 aliphatic heterocycles. The summed E-state index contributed by atoms with van der Waals surface area (Å²) < 4.78 is 5.55. The van der Waals surface area contributed by atoms with Gasteiger partial charge in [0.1, 0.15) is 5.75 Å². The van der Waals surface area contributed by atoms with Crippen LogP contribution < -0.4 is 4.74 Å². The standard InChI is InChI=1S/C15H15NO3/c1-10(2)19-12-7-5-11(6-8-12)13-4-3-9-16-14(13)15(17)18/h3-10H,1-2H3,(H,17,18). The number of carbonyl (C=O) groups is 1. The van der Waals surface area contributed by atoms with E-state index < -0.39 is 5.97 Å². The fraction of sp³-hybridized carbons (Fsp3) is 0.200. The molecule has 4 nitrogen and oxygen atoms in total. The van der Waals surface area contributed by atoms with E-state index in [1.807, 2.05) is 38.1 Å². The van der Waals surface area contributed by atoms with Gasteiger partial charge in [0.2, 0.25) is 0 Å². The maximum absolute atomic E-state index is 11.1. The van der Waals surface area contributed by atoms with E-state index in [2.05, 4.69) is 4.98 Å². The fourth-order valence-electron chi connectivity index (χ4n) is 1.79. The molecule has 0 spiro atoms. The lowest BCUT2D eigenvalue weighted by atomic mass is 10.0. The van der Waals surface area contributed by atoms with Crippen molar-refractivity contribution in [3.63, 3.8) is 0 Å². The Morgan fingerprint density at radius 1 is 1.21 bits per heavy atom. The lowest BCUT2D eigenvalue weighted by Crippen LogP contribution is -2.05. The van der Waals surface area contributed by atoms with Crippen molar-refractivity contribution in [3.05, 3.63) is 48.3 Å². The van der Waals surface area contributed by atoms with E-state index in [4.69, 9.17) is 9.84 Å². The zero-order valence-corrected chi connectivity index (χ0v) is 10.8. The summed E-state index contributed by atoms with van der Waals surface area (Å²) in [6, 6.07) is 10.8. The number of rotatable bonds is 4. The average molecular weight is 257 g/mol. The lowest BCUT2D eigenvalue weighted by molar-refractivity contribution is 0.0691. The first kappa shape index (κ1) is 13.1. The molecule has 0 radical (unpaired) electrons. The zero-order valence-electron chi connectivity index (χ0n) is 10.8. The minimum absolute atomic E-state index is 0.0556. The second-order valence-electron chi connectivity index (χ2n) is 4.40. The number of ether oxygens (including phenoxy) is 1. The summed E-state index contributed by atoms with van der Waals surface area (Å²) >= 11 is 0. The Kier molecular flexibility index (Phi) is 3.80. The van der Waals surface area contributed by atoms with Crippen LogP contribution in [0, 0.1) is 0 Å². The molecule has 19 heavy (non-hydrogen) atoms. The van der Waals surface area contributed by atoms with Gasteiger partial charge in [-0.25, -0.2) is 9.78 Å². The Labute approximate surface area is 111 Å². The Morgan fingerprint density at radius 2 is 1.89 bits per heavy atom. The van der Waals surface area contributed by atoms with Crippen LogP contribution in [0.2, 0.25) is 0 Å². The van der Waals surface area contributed by atoms with Crippen molar-refractivity contribution >= 4 is 5.97 Å². The largest absolute Gasteiger partial charge is 0.491 e. The molecule has 0 amide bonds. The molecule has 0 aliphatic carbocycles. The van der Waals surface area contributed by atoms with Crippen molar-refractivity contribution in [2.45, 2.75) is 20.0 Å². The predicted molar refractivity (Wildman–Crippen MR) is 72.4 cm³/mol. The molecule has 0 bridgehead atoms. The van der Waals surface area contributed by atoms with Gasteiger partial charge in [0.05, 0.1) is 6.10 Å². The van der Waals surface area contributed by atoms with E-state index in [0.29, 0.717) is 5.56 Å². The number of aromatic carboxylic acids is 1. The van der Waals surface area contributed by atoms with Gasteiger partial charge in [-0.05, 0) is 37.6 Å². The number of nitrogens with zero attached hydrogens (tertiary/aromatic N) is 1. The first-order valence-electron chi connectivity index (χ1n) is 6.03. The molecule has 1 aromatic heterocycles. The van der Waals surface area contributed by atoms with Gasteiger partial charge in [0, 0.05) is 11.8 Å². The molecule has 0 unspecified atom stereocenters. The highest BCUT2D eigenvalue weighted by atomic mass is 16.5. The number of pyridine rings is 1. The van der Waals surface area contributed by atoms with E-state index in [1.54, 1.807) is 12.1 Å². The van der Waals surface area contributed by atoms with Crippen molar-refractivity contribution < 1.29 is 14.6 Å². The summed E-state index contributed by atoms with van der Waals surface area (Å²) in [4.78, 5) is 15.0. The molecule has 1 N–H and O–H groups in total. The Hall–Kier alpha value is -2.36. The number of hydrogen-bond donors (Lipinski definition) is 1. The Bertz CT molecular complexity index is 576. The number of carboxylic acids is 1. The van der Waals surface area contributed by atoms with Crippen molar-refractivity contribution in [3.8, 4) is 16.9 Å². The van der Waals surface area contributed by atoms with Crippen molar-refractivity contribution in [2.24, 2.45) is 0 Å². The SMILES string of the molecule is CC(C)Oc1ccc(-c2cccnc2C(=O)O)cc1. The van der Waals surface area contributed by atoms with Crippen molar-refractivity contribution in [1.82, 2.24) is 4.98 Å². The van der Waals surface area contributed by atoms with Crippen LogP contribution >= 0.6 is 0 Å². The smallest absolute Gasteiger partial charge is 0.355 e. The van der Waals surface area contributed by atoms with Gasteiger partial charge < -0.3 is 9.84 Å². The molecular weight excluding hydrogens is 242 g/mol. The van der Waals surface area contributed by atoms with Crippen LogP contribution in [0.15, 0.2) is 42.6 Å². The van der Waals surface area contributed by atoms with Crippen LogP contribution in [0.5, 0.6) is 5.75 Å². The topological polar surface area (TPSA) is 59.4 Å². The summed E-state index contributed by atoms with van der Waals surface area (Å²) in [6.07, 6.45) is 1.59.